The average molecular weight is 552 g/mol. The van der Waals surface area contributed by atoms with Crippen molar-refractivity contribution in [1.29, 1.82) is 0 Å². The van der Waals surface area contributed by atoms with Crippen molar-refractivity contribution in [3.8, 4) is 5.75 Å². The average Bonchev–Trinajstić information content (AvgIpc) is 3.00. The minimum Gasteiger partial charge on any atom is -0.488 e. The van der Waals surface area contributed by atoms with Crippen molar-refractivity contribution in [3.05, 3.63) is 53.9 Å². The van der Waals surface area contributed by atoms with Crippen molar-refractivity contribution in [2.45, 2.75) is 71.1 Å². The number of hydrogen-bond acceptors (Lipinski definition) is 6. The number of aliphatic hydroxyl groups excluding tert-OH is 1. The molecule has 3 amide bonds. The van der Waals surface area contributed by atoms with Crippen LogP contribution in [0.3, 0.4) is 0 Å². The van der Waals surface area contributed by atoms with E-state index in [4.69, 9.17) is 4.74 Å². The van der Waals surface area contributed by atoms with Crippen LogP contribution in [0.15, 0.2) is 42.7 Å². The Kier molecular flexibility index (Phi) is 10.8. The standard InChI is InChI=1S/C31H45N5O4/c1-22-18-36(23(2)21-37)30(38)16-26-15-27(34-31(39)33-17-24-7-5-4-6-8-24)9-10-28(26)40-29(22)20-35(3)19-25-11-13-32-14-12-25/h9-15,22-24,29,37H,4-8,16-21H2,1-3H3,(H2,33,34,39). The molecule has 1 aromatic heterocycles. The number of aromatic nitrogens is 1. The van der Waals surface area contributed by atoms with E-state index < -0.39 is 0 Å². The van der Waals surface area contributed by atoms with Crippen molar-refractivity contribution in [2.75, 3.05) is 38.6 Å². The van der Waals surface area contributed by atoms with Crippen LogP contribution in [0.4, 0.5) is 10.5 Å². The van der Waals surface area contributed by atoms with Gasteiger partial charge in [0, 0.05) is 55.7 Å². The SMILES string of the molecule is CC1CN(C(C)CO)C(=O)Cc2cc(NC(=O)NCC3CCCCC3)ccc2OC1CN(C)Cc1ccncc1. The number of urea groups is 1. The van der Waals surface area contributed by atoms with E-state index in [2.05, 4.69) is 34.5 Å². The summed E-state index contributed by atoms with van der Waals surface area (Å²) in [7, 11) is 2.06. The van der Waals surface area contributed by atoms with Gasteiger partial charge in [-0.1, -0.05) is 26.2 Å². The van der Waals surface area contributed by atoms with E-state index in [-0.39, 0.29) is 43.0 Å². The molecule has 4 rings (SSSR count). The maximum absolute atomic E-state index is 13.5. The molecule has 1 fully saturated rings. The predicted octanol–water partition coefficient (Wildman–Crippen LogP) is 4.06. The van der Waals surface area contributed by atoms with Gasteiger partial charge in [0.05, 0.1) is 19.1 Å². The molecule has 3 unspecified atom stereocenters. The van der Waals surface area contributed by atoms with Crippen LogP contribution in [0.25, 0.3) is 0 Å². The number of nitrogens with one attached hydrogen (secondary N) is 2. The van der Waals surface area contributed by atoms with Gasteiger partial charge < -0.3 is 25.4 Å². The Morgan fingerprint density at radius 2 is 1.95 bits per heavy atom. The first kappa shape index (κ1) is 29.8. The van der Waals surface area contributed by atoms with Gasteiger partial charge >= 0.3 is 6.03 Å². The molecule has 0 radical (unpaired) electrons. The largest absolute Gasteiger partial charge is 0.488 e. The fourth-order valence-corrected chi connectivity index (χ4v) is 5.70. The molecule has 9 nitrogen and oxygen atoms in total. The zero-order chi connectivity index (χ0) is 28.5. The number of anilines is 1. The van der Waals surface area contributed by atoms with Gasteiger partial charge in [-0.15, -0.1) is 0 Å². The molecule has 3 atom stereocenters. The molecule has 1 saturated carbocycles. The summed E-state index contributed by atoms with van der Waals surface area (Å²) < 4.78 is 6.61. The van der Waals surface area contributed by atoms with Crippen molar-refractivity contribution >= 4 is 17.6 Å². The minimum atomic E-state index is -0.307. The van der Waals surface area contributed by atoms with E-state index in [0.29, 0.717) is 37.0 Å². The lowest BCUT2D eigenvalue weighted by Gasteiger charge is -2.34. The van der Waals surface area contributed by atoms with Gasteiger partial charge in [0.1, 0.15) is 11.9 Å². The molecule has 0 saturated heterocycles. The summed E-state index contributed by atoms with van der Waals surface area (Å²) in [6, 6.07) is 8.98. The second-order valence-electron chi connectivity index (χ2n) is 11.6. The fraction of sp³-hybridized carbons (Fsp3) is 0.581. The Labute approximate surface area is 238 Å². The van der Waals surface area contributed by atoms with Crippen LogP contribution >= 0.6 is 0 Å². The molecule has 40 heavy (non-hydrogen) atoms. The van der Waals surface area contributed by atoms with E-state index in [9.17, 15) is 14.7 Å². The molecular formula is C31H45N5O4. The molecule has 218 valence electrons. The number of likely N-dealkylation sites (N-methyl/N-ethyl adjacent to an activating group) is 1. The third-order valence-corrected chi connectivity index (χ3v) is 8.14. The van der Waals surface area contributed by atoms with Crippen molar-refractivity contribution in [2.24, 2.45) is 11.8 Å². The monoisotopic (exact) mass is 551 g/mol. The summed E-state index contributed by atoms with van der Waals surface area (Å²) in [5.74, 6) is 1.14. The minimum absolute atomic E-state index is 0.0205. The van der Waals surface area contributed by atoms with Crippen molar-refractivity contribution in [1.82, 2.24) is 20.1 Å². The Morgan fingerprint density at radius 1 is 1.20 bits per heavy atom. The molecule has 1 aromatic carbocycles. The normalized spacial score (nSPS) is 21.0. The summed E-state index contributed by atoms with van der Waals surface area (Å²) >= 11 is 0. The van der Waals surface area contributed by atoms with E-state index in [1.165, 1.54) is 32.1 Å². The van der Waals surface area contributed by atoms with Gasteiger partial charge in [-0.25, -0.2) is 4.79 Å². The topological polar surface area (TPSA) is 107 Å². The highest BCUT2D eigenvalue weighted by Gasteiger charge is 2.31. The number of pyridine rings is 1. The first-order valence-corrected chi connectivity index (χ1v) is 14.6. The summed E-state index contributed by atoms with van der Waals surface area (Å²) in [4.78, 5) is 34.2. The van der Waals surface area contributed by atoms with Gasteiger partial charge in [-0.05, 0) is 68.6 Å². The van der Waals surface area contributed by atoms with Gasteiger partial charge in [0.25, 0.3) is 0 Å². The van der Waals surface area contributed by atoms with Gasteiger partial charge in [-0.3, -0.25) is 14.7 Å². The van der Waals surface area contributed by atoms with Crippen LogP contribution in [0, 0.1) is 11.8 Å². The molecule has 1 aliphatic heterocycles. The lowest BCUT2D eigenvalue weighted by molar-refractivity contribution is -0.134. The van der Waals surface area contributed by atoms with Crippen molar-refractivity contribution < 1.29 is 19.4 Å². The molecule has 9 heteroatoms. The van der Waals surface area contributed by atoms with Crippen LogP contribution in [0.5, 0.6) is 5.75 Å². The molecule has 2 heterocycles. The molecular weight excluding hydrogens is 506 g/mol. The highest BCUT2D eigenvalue weighted by molar-refractivity contribution is 5.90. The first-order chi connectivity index (χ1) is 19.3. The second kappa shape index (κ2) is 14.5. The number of ether oxygens (including phenoxy) is 1. The molecule has 0 bridgehead atoms. The number of carbonyl (C=O) groups is 2. The molecule has 2 aliphatic rings. The number of aliphatic hydroxyl groups is 1. The first-order valence-electron chi connectivity index (χ1n) is 14.6. The van der Waals surface area contributed by atoms with E-state index in [1.807, 2.05) is 37.3 Å². The van der Waals surface area contributed by atoms with Gasteiger partial charge in [0.2, 0.25) is 5.91 Å². The van der Waals surface area contributed by atoms with Crippen LogP contribution < -0.4 is 15.4 Å². The van der Waals surface area contributed by atoms with E-state index in [1.54, 1.807) is 17.3 Å². The maximum Gasteiger partial charge on any atom is 0.319 e. The maximum atomic E-state index is 13.5. The highest BCUT2D eigenvalue weighted by Crippen LogP contribution is 2.29. The Balaban J connectivity index is 1.50. The third kappa shape index (κ3) is 8.41. The highest BCUT2D eigenvalue weighted by atomic mass is 16.5. The molecule has 0 spiro atoms. The van der Waals surface area contributed by atoms with Crippen LogP contribution in [-0.2, 0) is 17.8 Å². The number of carbonyl (C=O) groups excluding carboxylic acids is 2. The number of amides is 3. The predicted molar refractivity (Wildman–Crippen MR) is 156 cm³/mol. The van der Waals surface area contributed by atoms with Crippen LogP contribution in [-0.4, -0.2) is 77.3 Å². The zero-order valence-electron chi connectivity index (χ0n) is 24.1. The van der Waals surface area contributed by atoms with Gasteiger partial charge in [-0.2, -0.15) is 0 Å². The van der Waals surface area contributed by atoms with Gasteiger partial charge in [0.15, 0.2) is 0 Å². The lowest BCUT2D eigenvalue weighted by Crippen LogP contribution is -2.47. The third-order valence-electron chi connectivity index (χ3n) is 8.14. The molecule has 3 N–H and O–H groups in total. The van der Waals surface area contributed by atoms with E-state index in [0.717, 1.165) is 17.7 Å². The number of fused-ring (bicyclic) bond motifs is 1. The Bertz CT molecular complexity index is 1110. The molecule has 1 aliphatic carbocycles. The number of rotatable bonds is 9. The Morgan fingerprint density at radius 3 is 2.67 bits per heavy atom. The number of nitrogens with zero attached hydrogens (tertiary/aromatic N) is 3. The van der Waals surface area contributed by atoms with Crippen LogP contribution in [0.2, 0.25) is 0 Å². The smallest absolute Gasteiger partial charge is 0.319 e. The quantitative estimate of drug-likeness (QED) is 0.434. The number of benzene rings is 1. The summed E-state index contributed by atoms with van der Waals surface area (Å²) in [5.41, 5.74) is 2.51. The zero-order valence-corrected chi connectivity index (χ0v) is 24.1. The molecule has 2 aromatic rings. The van der Waals surface area contributed by atoms with Crippen molar-refractivity contribution in [3.63, 3.8) is 0 Å². The fourth-order valence-electron chi connectivity index (χ4n) is 5.70. The Hall–Kier alpha value is -3.17. The summed E-state index contributed by atoms with van der Waals surface area (Å²) in [6.07, 6.45) is 9.61. The van der Waals surface area contributed by atoms with Crippen LogP contribution in [0.1, 0.15) is 57.1 Å². The summed E-state index contributed by atoms with van der Waals surface area (Å²) in [5, 5.41) is 15.8. The second-order valence-corrected chi connectivity index (χ2v) is 11.6. The summed E-state index contributed by atoms with van der Waals surface area (Å²) in [6.45, 7) is 6.41. The van der Waals surface area contributed by atoms with E-state index >= 15 is 0 Å². The lowest BCUT2D eigenvalue weighted by atomic mass is 9.89. The number of hydrogen-bond donors (Lipinski definition) is 3.